The fourth-order valence-electron chi connectivity index (χ4n) is 2.23. The van der Waals surface area contributed by atoms with Gasteiger partial charge in [-0.1, -0.05) is 6.08 Å². The van der Waals surface area contributed by atoms with Crippen LogP contribution in [0.2, 0.25) is 0 Å². The van der Waals surface area contributed by atoms with Crippen LogP contribution in [0.1, 0.15) is 34.1 Å². The van der Waals surface area contributed by atoms with Crippen LogP contribution in [0.5, 0.6) is 0 Å². The normalized spacial score (nSPS) is 18.2. The van der Waals surface area contributed by atoms with Crippen molar-refractivity contribution in [3.63, 3.8) is 0 Å². The Morgan fingerprint density at radius 2 is 1.95 bits per heavy atom. The molecule has 0 aliphatic heterocycles. The lowest BCUT2D eigenvalue weighted by Crippen LogP contribution is -2.41. The van der Waals surface area contributed by atoms with E-state index in [2.05, 4.69) is 6.58 Å². The third-order valence-electron chi connectivity index (χ3n) is 3.56. The number of hydrogen-bond acceptors (Lipinski definition) is 5. The fourth-order valence-corrected chi connectivity index (χ4v) is 2.23. The van der Waals surface area contributed by atoms with Crippen molar-refractivity contribution in [2.45, 2.75) is 45.8 Å². The summed E-state index contributed by atoms with van der Waals surface area (Å²) in [6.45, 7) is 9.55. The van der Waals surface area contributed by atoms with Gasteiger partial charge in [-0.2, -0.15) is 0 Å². The minimum atomic E-state index is -1.28. The van der Waals surface area contributed by atoms with Gasteiger partial charge in [0, 0.05) is 24.0 Å². The molecule has 0 saturated carbocycles. The average molecular weight is 306 g/mol. The van der Waals surface area contributed by atoms with Crippen molar-refractivity contribution in [1.29, 1.82) is 0 Å². The zero-order chi connectivity index (χ0) is 17.1. The molecule has 2 atom stereocenters. The maximum atomic E-state index is 12.1. The number of esters is 1. The maximum Gasteiger partial charge on any atom is 0.303 e. The maximum absolute atomic E-state index is 12.1. The van der Waals surface area contributed by atoms with Gasteiger partial charge in [-0.05, 0) is 39.3 Å². The van der Waals surface area contributed by atoms with Crippen LogP contribution in [0, 0.1) is 5.92 Å². The largest absolute Gasteiger partial charge is 0.459 e. The molecule has 1 aliphatic rings. The summed E-state index contributed by atoms with van der Waals surface area (Å²) in [4.78, 5) is 35.1. The lowest BCUT2D eigenvalue weighted by atomic mass is 9.82. The number of ketones is 2. The van der Waals surface area contributed by atoms with E-state index in [1.165, 1.54) is 39.0 Å². The van der Waals surface area contributed by atoms with Gasteiger partial charge in [0.05, 0.1) is 5.60 Å². The van der Waals surface area contributed by atoms with E-state index in [1.54, 1.807) is 6.92 Å². The van der Waals surface area contributed by atoms with Gasteiger partial charge in [0.1, 0.15) is 6.10 Å². The molecular weight excluding hydrogens is 284 g/mol. The molecule has 0 unspecified atom stereocenters. The van der Waals surface area contributed by atoms with Crippen LogP contribution in [0.15, 0.2) is 36.0 Å². The minimum Gasteiger partial charge on any atom is -0.459 e. The van der Waals surface area contributed by atoms with E-state index in [0.29, 0.717) is 11.1 Å². The number of aliphatic hydroxyl groups is 1. The molecule has 1 aliphatic carbocycles. The van der Waals surface area contributed by atoms with E-state index < -0.39 is 23.6 Å². The summed E-state index contributed by atoms with van der Waals surface area (Å²) in [6.07, 6.45) is 3.46. The second-order valence-electron chi connectivity index (χ2n) is 5.99. The zero-order valence-electron chi connectivity index (χ0n) is 13.4. The molecule has 5 nitrogen and oxygen atoms in total. The van der Waals surface area contributed by atoms with E-state index in [-0.39, 0.29) is 18.0 Å². The molecule has 0 aromatic carbocycles. The van der Waals surface area contributed by atoms with Crippen LogP contribution in [-0.4, -0.2) is 34.3 Å². The Labute approximate surface area is 130 Å². The Morgan fingerprint density at radius 3 is 2.41 bits per heavy atom. The molecule has 0 aromatic heterocycles. The van der Waals surface area contributed by atoms with Gasteiger partial charge < -0.3 is 9.84 Å². The van der Waals surface area contributed by atoms with Crippen molar-refractivity contribution < 1.29 is 24.2 Å². The Hall–Kier alpha value is -2.01. The third-order valence-corrected chi connectivity index (χ3v) is 3.56. The standard InChI is InChI=1S/C17H22O5/c1-6-12(8-16(17(4,5)21)22-11(3)18)13-9-14(19)10(2)7-15(13)20/h6-7,9,12,16,21H,1,8H2,2-5H3/t12-,16+/m1/s1. The van der Waals surface area contributed by atoms with E-state index in [0.717, 1.165) is 0 Å². The molecule has 0 fully saturated rings. The molecule has 5 heteroatoms. The number of carbonyl (C=O) groups is 3. The van der Waals surface area contributed by atoms with Gasteiger partial charge in [0.25, 0.3) is 0 Å². The Bertz CT molecular complexity index is 560. The number of hydrogen-bond donors (Lipinski definition) is 1. The highest BCUT2D eigenvalue weighted by atomic mass is 16.6. The summed E-state index contributed by atoms with van der Waals surface area (Å²) in [5.74, 6) is -1.50. The lowest BCUT2D eigenvalue weighted by Gasteiger charge is -2.31. The number of carbonyl (C=O) groups excluding carboxylic acids is 3. The van der Waals surface area contributed by atoms with Crippen molar-refractivity contribution in [3.8, 4) is 0 Å². The van der Waals surface area contributed by atoms with Crippen LogP contribution in [0.4, 0.5) is 0 Å². The van der Waals surface area contributed by atoms with Gasteiger partial charge >= 0.3 is 5.97 Å². The van der Waals surface area contributed by atoms with Crippen LogP contribution < -0.4 is 0 Å². The Kier molecular flexibility index (Phi) is 5.60. The summed E-state index contributed by atoms with van der Waals surface area (Å²) >= 11 is 0. The van der Waals surface area contributed by atoms with Gasteiger partial charge in [-0.25, -0.2) is 0 Å². The number of ether oxygens (including phenoxy) is 1. The first-order valence-electron chi connectivity index (χ1n) is 7.07. The Morgan fingerprint density at radius 1 is 1.36 bits per heavy atom. The van der Waals surface area contributed by atoms with Gasteiger partial charge in [-0.15, -0.1) is 6.58 Å². The summed E-state index contributed by atoms with van der Waals surface area (Å²) < 4.78 is 5.15. The van der Waals surface area contributed by atoms with Crippen LogP contribution in [0.3, 0.4) is 0 Å². The molecule has 0 spiro atoms. The summed E-state index contributed by atoms with van der Waals surface area (Å²) in [7, 11) is 0. The molecule has 0 aromatic rings. The predicted molar refractivity (Wildman–Crippen MR) is 82.0 cm³/mol. The predicted octanol–water partition coefficient (Wildman–Crippen LogP) is 1.91. The van der Waals surface area contributed by atoms with Crippen molar-refractivity contribution >= 4 is 17.5 Å². The summed E-state index contributed by atoms with van der Waals surface area (Å²) in [6, 6.07) is 0. The van der Waals surface area contributed by atoms with Crippen molar-refractivity contribution in [1.82, 2.24) is 0 Å². The minimum absolute atomic E-state index is 0.171. The summed E-state index contributed by atoms with van der Waals surface area (Å²) in [5, 5.41) is 10.1. The van der Waals surface area contributed by atoms with Crippen molar-refractivity contribution in [2.24, 2.45) is 5.92 Å². The molecule has 0 heterocycles. The van der Waals surface area contributed by atoms with E-state index in [4.69, 9.17) is 4.74 Å². The molecule has 0 amide bonds. The van der Waals surface area contributed by atoms with Crippen molar-refractivity contribution in [3.05, 3.63) is 36.0 Å². The molecule has 0 radical (unpaired) electrons. The zero-order valence-corrected chi connectivity index (χ0v) is 13.4. The van der Waals surface area contributed by atoms with Crippen molar-refractivity contribution in [2.75, 3.05) is 0 Å². The second kappa shape index (κ2) is 6.83. The third kappa shape index (κ3) is 4.49. The molecule has 1 N–H and O–H groups in total. The molecule has 22 heavy (non-hydrogen) atoms. The highest BCUT2D eigenvalue weighted by molar-refractivity contribution is 6.20. The molecule has 0 bridgehead atoms. The number of rotatable bonds is 6. The quantitative estimate of drug-likeness (QED) is 0.460. The topological polar surface area (TPSA) is 80.7 Å². The molecule has 1 rings (SSSR count). The fraction of sp³-hybridized carbons (Fsp3) is 0.471. The van der Waals surface area contributed by atoms with Crippen LogP contribution in [-0.2, 0) is 19.1 Å². The first-order valence-corrected chi connectivity index (χ1v) is 7.07. The summed E-state index contributed by atoms with van der Waals surface area (Å²) in [5.41, 5.74) is -0.594. The SMILES string of the molecule is C=C[C@H](C[C@H](OC(C)=O)C(C)(C)O)C1=CC(=O)C(C)=CC1=O. The first kappa shape index (κ1) is 18.0. The van der Waals surface area contributed by atoms with E-state index in [9.17, 15) is 19.5 Å². The first-order chi connectivity index (χ1) is 10.1. The molecule has 120 valence electrons. The monoisotopic (exact) mass is 306 g/mol. The Balaban J connectivity index is 3.03. The van der Waals surface area contributed by atoms with Crippen LogP contribution >= 0.6 is 0 Å². The lowest BCUT2D eigenvalue weighted by molar-refractivity contribution is -0.160. The highest BCUT2D eigenvalue weighted by Gasteiger charge is 2.34. The molecular formula is C17H22O5. The second-order valence-corrected chi connectivity index (χ2v) is 5.99. The van der Waals surface area contributed by atoms with Crippen LogP contribution in [0.25, 0.3) is 0 Å². The highest BCUT2D eigenvalue weighted by Crippen LogP contribution is 2.28. The van der Waals surface area contributed by atoms with E-state index in [1.807, 2.05) is 0 Å². The average Bonchev–Trinajstić information content (AvgIpc) is 2.37. The molecule has 0 saturated heterocycles. The van der Waals surface area contributed by atoms with Gasteiger partial charge in [0.2, 0.25) is 0 Å². The van der Waals surface area contributed by atoms with Gasteiger partial charge in [-0.3, -0.25) is 14.4 Å². The van der Waals surface area contributed by atoms with E-state index >= 15 is 0 Å². The van der Waals surface area contributed by atoms with Gasteiger partial charge in [0.15, 0.2) is 11.6 Å². The number of allylic oxidation sites excluding steroid dienone is 5. The smallest absolute Gasteiger partial charge is 0.303 e.